The number of hydrogen-bond acceptors (Lipinski definition) is 4. The Morgan fingerprint density at radius 1 is 1.35 bits per heavy atom. The summed E-state index contributed by atoms with van der Waals surface area (Å²) < 4.78 is 43.5. The molecule has 1 saturated heterocycles. The summed E-state index contributed by atoms with van der Waals surface area (Å²) in [6.07, 6.45) is -3.31. The molecule has 4 nitrogen and oxygen atoms in total. The Hall–Kier alpha value is -1.11. The van der Waals surface area contributed by atoms with E-state index in [-0.39, 0.29) is 24.6 Å². The molecule has 0 bridgehead atoms. The van der Waals surface area contributed by atoms with Gasteiger partial charge in [0.25, 0.3) is 0 Å². The van der Waals surface area contributed by atoms with Crippen molar-refractivity contribution in [2.24, 2.45) is 0 Å². The van der Waals surface area contributed by atoms with Crippen LogP contribution < -0.4 is 5.32 Å². The molecule has 3 rings (SSSR count). The Balaban J connectivity index is 1.85. The summed E-state index contributed by atoms with van der Waals surface area (Å²) in [5, 5.41) is 6.64. The second kappa shape index (κ2) is 3.44. The molecule has 0 unspecified atom stereocenters. The van der Waals surface area contributed by atoms with Crippen LogP contribution in [0.5, 0.6) is 0 Å². The van der Waals surface area contributed by atoms with E-state index in [4.69, 9.17) is 4.52 Å². The summed E-state index contributed by atoms with van der Waals surface area (Å²) in [5.41, 5.74) is -1.83. The Bertz CT molecular complexity index is 419. The summed E-state index contributed by atoms with van der Waals surface area (Å²) in [7, 11) is 0. The summed E-state index contributed by atoms with van der Waals surface area (Å²) >= 11 is 0. The molecule has 94 valence electrons. The molecule has 1 aliphatic carbocycles. The first-order valence-electron chi connectivity index (χ1n) is 5.64. The van der Waals surface area contributed by atoms with Crippen molar-refractivity contribution >= 4 is 0 Å². The van der Waals surface area contributed by atoms with E-state index in [0.29, 0.717) is 12.4 Å². The fourth-order valence-corrected chi connectivity index (χ4v) is 2.22. The minimum absolute atomic E-state index is 0.0558. The number of alkyl halides is 3. The van der Waals surface area contributed by atoms with E-state index < -0.39 is 11.6 Å². The van der Waals surface area contributed by atoms with Crippen LogP contribution >= 0.6 is 0 Å². The van der Waals surface area contributed by atoms with Gasteiger partial charge in [-0.05, 0) is 25.8 Å². The van der Waals surface area contributed by atoms with E-state index in [9.17, 15) is 13.2 Å². The maximum absolute atomic E-state index is 12.8. The van der Waals surface area contributed by atoms with E-state index >= 15 is 0 Å². The first-order chi connectivity index (χ1) is 8.03. The van der Waals surface area contributed by atoms with Crippen LogP contribution in [0.25, 0.3) is 0 Å². The molecule has 0 aromatic carbocycles. The maximum Gasteiger partial charge on any atom is 0.401 e. The molecule has 1 aromatic rings. The third kappa shape index (κ3) is 1.64. The van der Waals surface area contributed by atoms with Crippen LogP contribution in [0, 0.1) is 0 Å². The van der Waals surface area contributed by atoms with E-state index in [1.165, 1.54) is 0 Å². The average Bonchev–Trinajstić information content (AvgIpc) is 2.76. The minimum atomic E-state index is -4.28. The van der Waals surface area contributed by atoms with Gasteiger partial charge < -0.3 is 9.84 Å². The van der Waals surface area contributed by atoms with Crippen molar-refractivity contribution in [3.63, 3.8) is 0 Å². The van der Waals surface area contributed by atoms with Gasteiger partial charge in [-0.2, -0.15) is 18.2 Å². The van der Waals surface area contributed by atoms with Crippen LogP contribution in [0.15, 0.2) is 4.52 Å². The highest BCUT2D eigenvalue weighted by molar-refractivity contribution is 5.21. The van der Waals surface area contributed by atoms with Gasteiger partial charge in [-0.15, -0.1) is 0 Å². The van der Waals surface area contributed by atoms with Crippen molar-refractivity contribution in [2.45, 2.75) is 36.8 Å². The van der Waals surface area contributed by atoms with Crippen molar-refractivity contribution in [2.75, 3.05) is 13.1 Å². The fraction of sp³-hybridized carbons (Fsp3) is 0.800. The van der Waals surface area contributed by atoms with Crippen LogP contribution in [-0.2, 0) is 5.41 Å². The van der Waals surface area contributed by atoms with E-state index in [2.05, 4.69) is 15.5 Å². The number of nitrogens with one attached hydrogen (secondary N) is 1. The monoisotopic (exact) mass is 247 g/mol. The van der Waals surface area contributed by atoms with Crippen molar-refractivity contribution in [1.82, 2.24) is 15.5 Å². The number of rotatable bonds is 2. The summed E-state index contributed by atoms with van der Waals surface area (Å²) in [6, 6.07) is 0. The topological polar surface area (TPSA) is 51.0 Å². The number of halogens is 3. The lowest BCUT2D eigenvalue weighted by molar-refractivity contribution is -0.162. The molecular weight excluding hydrogens is 235 g/mol. The predicted octanol–water partition coefficient (Wildman–Crippen LogP) is 1.74. The standard InChI is InChI=1S/C10H12F3N3O/c11-10(12,13)9(2-3-9)8-15-7(17-16-8)6-1-4-14-5-6/h6,14H,1-5H2/t6-/m0/s1. The molecule has 1 atom stereocenters. The molecule has 17 heavy (non-hydrogen) atoms. The third-order valence-corrected chi connectivity index (χ3v) is 3.57. The molecule has 2 heterocycles. The lowest BCUT2D eigenvalue weighted by Gasteiger charge is -2.14. The Morgan fingerprint density at radius 2 is 2.12 bits per heavy atom. The molecular formula is C10H12F3N3O. The second-order valence-electron chi connectivity index (χ2n) is 4.73. The fourth-order valence-electron chi connectivity index (χ4n) is 2.22. The van der Waals surface area contributed by atoms with Crippen LogP contribution in [-0.4, -0.2) is 29.4 Å². The van der Waals surface area contributed by atoms with E-state index in [1.807, 2.05) is 0 Å². The molecule has 0 spiro atoms. The zero-order chi connectivity index (χ0) is 12.1. The van der Waals surface area contributed by atoms with Crippen molar-refractivity contribution in [3.8, 4) is 0 Å². The molecule has 1 aliphatic heterocycles. The molecule has 7 heteroatoms. The molecule has 2 fully saturated rings. The average molecular weight is 247 g/mol. The number of aromatic nitrogens is 2. The van der Waals surface area contributed by atoms with Crippen LogP contribution in [0.1, 0.15) is 36.9 Å². The maximum atomic E-state index is 12.8. The largest absolute Gasteiger partial charge is 0.401 e. The molecule has 0 radical (unpaired) electrons. The SMILES string of the molecule is FC(F)(F)C1(c2noc([C@H]3CCNC3)n2)CC1. The van der Waals surface area contributed by atoms with Crippen molar-refractivity contribution in [3.05, 3.63) is 11.7 Å². The molecule has 0 amide bonds. The lowest BCUT2D eigenvalue weighted by Crippen LogP contribution is -2.29. The number of hydrogen-bond donors (Lipinski definition) is 1. The van der Waals surface area contributed by atoms with Crippen LogP contribution in [0.4, 0.5) is 13.2 Å². The molecule has 1 N–H and O–H groups in total. The van der Waals surface area contributed by atoms with Gasteiger partial charge in [0.2, 0.25) is 5.89 Å². The predicted molar refractivity (Wildman–Crippen MR) is 51.5 cm³/mol. The minimum Gasteiger partial charge on any atom is -0.339 e. The Labute approximate surface area is 95.6 Å². The van der Waals surface area contributed by atoms with Crippen molar-refractivity contribution < 1.29 is 17.7 Å². The normalized spacial score (nSPS) is 27.4. The van der Waals surface area contributed by atoms with E-state index in [0.717, 1.165) is 13.0 Å². The Kier molecular flexibility index (Phi) is 2.23. The van der Waals surface area contributed by atoms with E-state index in [1.54, 1.807) is 0 Å². The second-order valence-corrected chi connectivity index (χ2v) is 4.73. The quantitative estimate of drug-likeness (QED) is 0.864. The van der Waals surface area contributed by atoms with Gasteiger partial charge in [-0.25, -0.2) is 0 Å². The highest BCUT2D eigenvalue weighted by atomic mass is 19.4. The first-order valence-corrected chi connectivity index (χ1v) is 5.64. The third-order valence-electron chi connectivity index (χ3n) is 3.57. The zero-order valence-corrected chi connectivity index (χ0v) is 9.05. The van der Waals surface area contributed by atoms with Gasteiger partial charge in [0.1, 0.15) is 5.41 Å². The molecule has 1 aromatic heterocycles. The summed E-state index contributed by atoms with van der Waals surface area (Å²) in [5.74, 6) is 0.202. The van der Waals surface area contributed by atoms with Crippen molar-refractivity contribution in [1.29, 1.82) is 0 Å². The van der Waals surface area contributed by atoms with Gasteiger partial charge in [-0.3, -0.25) is 0 Å². The van der Waals surface area contributed by atoms with Gasteiger partial charge >= 0.3 is 6.18 Å². The van der Waals surface area contributed by atoms with Gasteiger partial charge in [0.15, 0.2) is 5.82 Å². The Morgan fingerprint density at radius 3 is 2.65 bits per heavy atom. The van der Waals surface area contributed by atoms with Gasteiger partial charge in [0, 0.05) is 6.54 Å². The van der Waals surface area contributed by atoms with Gasteiger partial charge in [-0.1, -0.05) is 5.16 Å². The highest BCUT2D eigenvalue weighted by Gasteiger charge is 2.67. The van der Waals surface area contributed by atoms with Crippen LogP contribution in [0.3, 0.4) is 0 Å². The lowest BCUT2D eigenvalue weighted by atomic mass is 10.1. The number of nitrogens with zero attached hydrogens (tertiary/aromatic N) is 2. The highest BCUT2D eigenvalue weighted by Crippen LogP contribution is 2.57. The summed E-state index contributed by atoms with van der Waals surface area (Å²) in [4.78, 5) is 3.96. The zero-order valence-electron chi connectivity index (χ0n) is 9.05. The molecule has 1 saturated carbocycles. The van der Waals surface area contributed by atoms with Crippen LogP contribution in [0.2, 0.25) is 0 Å². The first kappa shape index (κ1) is 11.0. The molecule has 2 aliphatic rings. The smallest absolute Gasteiger partial charge is 0.339 e. The van der Waals surface area contributed by atoms with Gasteiger partial charge in [0.05, 0.1) is 5.92 Å². The summed E-state index contributed by atoms with van der Waals surface area (Å²) in [6.45, 7) is 1.54.